The van der Waals surface area contributed by atoms with Gasteiger partial charge in [-0.3, -0.25) is 0 Å². The molecule has 0 amide bonds. The van der Waals surface area contributed by atoms with Gasteiger partial charge in [0.1, 0.15) is 0 Å². The maximum atomic E-state index is 3.70. The fourth-order valence-corrected chi connectivity index (χ4v) is 4.13. The van der Waals surface area contributed by atoms with Crippen LogP contribution in [0, 0.1) is 5.92 Å². The number of piperidine rings is 1. The van der Waals surface area contributed by atoms with E-state index in [0.29, 0.717) is 0 Å². The maximum Gasteiger partial charge on any atom is 0.0172 e. The van der Waals surface area contributed by atoms with Crippen LogP contribution in [0.1, 0.15) is 32.1 Å². The fraction of sp³-hybridized carbons (Fsp3) is 1.00. The molecule has 2 aliphatic rings. The molecule has 0 spiro atoms. The van der Waals surface area contributed by atoms with Crippen LogP contribution in [0.15, 0.2) is 0 Å². The van der Waals surface area contributed by atoms with E-state index >= 15 is 0 Å². The summed E-state index contributed by atoms with van der Waals surface area (Å²) in [5.74, 6) is 2.28. The highest BCUT2D eigenvalue weighted by atomic mass is 32.2. The highest BCUT2D eigenvalue weighted by Crippen LogP contribution is 2.24. The minimum Gasteiger partial charge on any atom is -0.315 e. The average molecular weight is 242 g/mol. The monoisotopic (exact) mass is 242 g/mol. The van der Waals surface area contributed by atoms with Crippen molar-refractivity contribution in [2.24, 2.45) is 5.92 Å². The minimum atomic E-state index is 0.896. The summed E-state index contributed by atoms with van der Waals surface area (Å²) in [7, 11) is 2.25. The van der Waals surface area contributed by atoms with Gasteiger partial charge in [0.2, 0.25) is 0 Å². The van der Waals surface area contributed by atoms with E-state index in [4.69, 9.17) is 0 Å². The molecule has 0 aromatic rings. The molecule has 2 rings (SSSR count). The van der Waals surface area contributed by atoms with Gasteiger partial charge in [-0.1, -0.05) is 6.42 Å². The van der Waals surface area contributed by atoms with Crippen LogP contribution in [0.4, 0.5) is 0 Å². The second-order valence-corrected chi connectivity index (χ2v) is 6.83. The molecule has 2 nitrogen and oxygen atoms in total. The first kappa shape index (κ1) is 12.7. The van der Waals surface area contributed by atoms with E-state index < -0.39 is 0 Å². The summed E-state index contributed by atoms with van der Waals surface area (Å²) in [5.41, 5.74) is 0. The zero-order valence-corrected chi connectivity index (χ0v) is 11.4. The molecule has 2 fully saturated rings. The standard InChI is InChI=1S/C13H26N2S/c1-15-7-4-5-12(11-15)9-14-10-13-6-2-3-8-16-13/h12-14H,2-11H2,1H3. The number of nitrogens with one attached hydrogen (secondary N) is 1. The third-order valence-electron chi connectivity index (χ3n) is 3.80. The van der Waals surface area contributed by atoms with Gasteiger partial charge in [0.05, 0.1) is 0 Å². The molecule has 2 aliphatic heterocycles. The molecule has 0 aliphatic carbocycles. The van der Waals surface area contributed by atoms with Crippen molar-refractivity contribution in [3.05, 3.63) is 0 Å². The molecule has 0 saturated carbocycles. The van der Waals surface area contributed by atoms with Gasteiger partial charge < -0.3 is 10.2 Å². The van der Waals surface area contributed by atoms with Crippen molar-refractivity contribution in [2.45, 2.75) is 37.4 Å². The van der Waals surface area contributed by atoms with Crippen LogP contribution >= 0.6 is 11.8 Å². The topological polar surface area (TPSA) is 15.3 Å². The number of thioether (sulfide) groups is 1. The lowest BCUT2D eigenvalue weighted by Gasteiger charge is -2.30. The molecule has 2 saturated heterocycles. The van der Waals surface area contributed by atoms with E-state index in [0.717, 1.165) is 11.2 Å². The zero-order valence-electron chi connectivity index (χ0n) is 10.6. The van der Waals surface area contributed by atoms with Crippen LogP contribution in [0.5, 0.6) is 0 Å². The molecule has 0 aromatic heterocycles. The predicted molar refractivity (Wildman–Crippen MR) is 73.2 cm³/mol. The second kappa shape index (κ2) is 6.87. The van der Waals surface area contributed by atoms with Gasteiger partial charge in [-0.15, -0.1) is 0 Å². The van der Waals surface area contributed by atoms with Crippen molar-refractivity contribution in [3.8, 4) is 0 Å². The molecule has 2 atom stereocenters. The average Bonchev–Trinajstić information content (AvgIpc) is 2.30. The Morgan fingerprint density at radius 2 is 2.12 bits per heavy atom. The Bertz CT molecular complexity index is 192. The molecule has 0 aromatic carbocycles. The van der Waals surface area contributed by atoms with Crippen LogP contribution < -0.4 is 5.32 Å². The minimum absolute atomic E-state index is 0.896. The number of nitrogens with zero attached hydrogens (tertiary/aromatic N) is 1. The van der Waals surface area contributed by atoms with Gasteiger partial charge in [-0.25, -0.2) is 0 Å². The summed E-state index contributed by atoms with van der Waals surface area (Å²) in [4.78, 5) is 2.48. The molecule has 2 heterocycles. The highest BCUT2D eigenvalue weighted by molar-refractivity contribution is 7.99. The van der Waals surface area contributed by atoms with Crippen molar-refractivity contribution in [2.75, 3.05) is 39.0 Å². The normalized spacial score (nSPS) is 32.8. The van der Waals surface area contributed by atoms with Crippen LogP contribution in [-0.4, -0.2) is 49.1 Å². The van der Waals surface area contributed by atoms with Gasteiger partial charge in [0, 0.05) is 18.3 Å². The summed E-state index contributed by atoms with van der Waals surface area (Å²) < 4.78 is 0. The molecular weight excluding hydrogens is 216 g/mol. The molecule has 0 bridgehead atoms. The van der Waals surface area contributed by atoms with Gasteiger partial charge in [-0.05, 0) is 57.5 Å². The molecule has 3 heteroatoms. The Morgan fingerprint density at radius 3 is 2.88 bits per heavy atom. The third kappa shape index (κ3) is 4.27. The molecular formula is C13H26N2S. The lowest BCUT2D eigenvalue weighted by molar-refractivity contribution is 0.206. The summed E-state index contributed by atoms with van der Waals surface area (Å²) in [5, 5.41) is 4.60. The highest BCUT2D eigenvalue weighted by Gasteiger charge is 2.18. The van der Waals surface area contributed by atoms with E-state index in [-0.39, 0.29) is 0 Å². The maximum absolute atomic E-state index is 3.70. The molecule has 0 radical (unpaired) electrons. The van der Waals surface area contributed by atoms with Crippen molar-refractivity contribution in [3.63, 3.8) is 0 Å². The Labute approximate surface area is 105 Å². The van der Waals surface area contributed by atoms with Gasteiger partial charge in [0.15, 0.2) is 0 Å². The first-order valence-corrected chi connectivity index (χ1v) is 7.90. The van der Waals surface area contributed by atoms with Crippen molar-refractivity contribution in [1.29, 1.82) is 0 Å². The largest absolute Gasteiger partial charge is 0.315 e. The third-order valence-corrected chi connectivity index (χ3v) is 5.20. The summed E-state index contributed by atoms with van der Waals surface area (Å²) in [6, 6.07) is 0. The Morgan fingerprint density at radius 1 is 1.19 bits per heavy atom. The number of hydrogen-bond donors (Lipinski definition) is 1. The number of hydrogen-bond acceptors (Lipinski definition) is 3. The summed E-state index contributed by atoms with van der Waals surface area (Å²) in [6.45, 7) is 5.08. The van der Waals surface area contributed by atoms with Gasteiger partial charge in [0.25, 0.3) is 0 Å². The Hall–Kier alpha value is 0.270. The lowest BCUT2D eigenvalue weighted by Crippen LogP contribution is -2.39. The van der Waals surface area contributed by atoms with E-state index in [1.807, 2.05) is 0 Å². The van der Waals surface area contributed by atoms with E-state index in [9.17, 15) is 0 Å². The molecule has 2 unspecified atom stereocenters. The predicted octanol–water partition coefficient (Wildman–Crippen LogP) is 2.20. The SMILES string of the molecule is CN1CCCC(CNCC2CCCCS2)C1. The van der Waals surface area contributed by atoms with Crippen LogP contribution in [0.3, 0.4) is 0 Å². The van der Waals surface area contributed by atoms with Crippen molar-refractivity contribution < 1.29 is 0 Å². The zero-order chi connectivity index (χ0) is 11.2. The summed E-state index contributed by atoms with van der Waals surface area (Å²) >= 11 is 2.18. The Balaban J connectivity index is 1.56. The van der Waals surface area contributed by atoms with Crippen molar-refractivity contribution >= 4 is 11.8 Å². The van der Waals surface area contributed by atoms with Gasteiger partial charge in [-0.2, -0.15) is 11.8 Å². The number of likely N-dealkylation sites (tertiary alicyclic amines) is 1. The van der Waals surface area contributed by atoms with Crippen LogP contribution in [0.25, 0.3) is 0 Å². The smallest absolute Gasteiger partial charge is 0.0172 e. The van der Waals surface area contributed by atoms with E-state index in [2.05, 4.69) is 29.0 Å². The molecule has 94 valence electrons. The van der Waals surface area contributed by atoms with Crippen LogP contribution in [0.2, 0.25) is 0 Å². The quantitative estimate of drug-likeness (QED) is 0.814. The van der Waals surface area contributed by atoms with E-state index in [1.165, 1.54) is 64.0 Å². The van der Waals surface area contributed by atoms with Crippen molar-refractivity contribution in [1.82, 2.24) is 10.2 Å². The van der Waals surface area contributed by atoms with E-state index in [1.54, 1.807) is 0 Å². The summed E-state index contributed by atoms with van der Waals surface area (Å²) in [6.07, 6.45) is 7.14. The Kier molecular flexibility index (Phi) is 5.46. The number of rotatable bonds is 4. The molecule has 1 N–H and O–H groups in total. The van der Waals surface area contributed by atoms with Gasteiger partial charge >= 0.3 is 0 Å². The fourth-order valence-electron chi connectivity index (χ4n) is 2.86. The second-order valence-electron chi connectivity index (χ2n) is 5.42. The first-order chi connectivity index (χ1) is 7.84. The van der Waals surface area contributed by atoms with Crippen LogP contribution in [-0.2, 0) is 0 Å². The first-order valence-electron chi connectivity index (χ1n) is 6.85. The lowest BCUT2D eigenvalue weighted by atomic mass is 9.98. The molecule has 16 heavy (non-hydrogen) atoms.